The highest BCUT2D eigenvalue weighted by molar-refractivity contribution is 5.98. The zero-order valence-corrected chi connectivity index (χ0v) is 17.7. The highest BCUT2D eigenvalue weighted by Crippen LogP contribution is 2.30. The molecule has 8 nitrogen and oxygen atoms in total. The summed E-state index contributed by atoms with van der Waals surface area (Å²) in [6.45, 7) is -0.647. The van der Waals surface area contributed by atoms with Crippen LogP contribution in [0, 0.1) is 39.2 Å². The van der Waals surface area contributed by atoms with Crippen LogP contribution in [0.15, 0.2) is 47.6 Å². The van der Waals surface area contributed by atoms with E-state index in [9.17, 15) is 36.9 Å². The molecule has 3 aromatic rings. The predicted octanol–water partition coefficient (Wildman–Crippen LogP) is 4.64. The van der Waals surface area contributed by atoms with Crippen LogP contribution >= 0.6 is 0 Å². The Balaban J connectivity index is 1.78. The van der Waals surface area contributed by atoms with Crippen molar-refractivity contribution in [2.24, 2.45) is 5.10 Å². The molecule has 0 aliphatic heterocycles. The molecule has 0 heterocycles. The average molecular weight is 495 g/mol. The summed E-state index contributed by atoms with van der Waals surface area (Å²) in [5.41, 5.74) is 1.94. The van der Waals surface area contributed by atoms with Crippen molar-refractivity contribution in [2.75, 3.05) is 7.11 Å². The molecule has 0 aliphatic carbocycles. The molecule has 1 N–H and O–H groups in total. The zero-order valence-electron chi connectivity index (χ0n) is 17.7. The van der Waals surface area contributed by atoms with Gasteiger partial charge < -0.3 is 9.47 Å². The lowest BCUT2D eigenvalue weighted by molar-refractivity contribution is -0.385. The van der Waals surface area contributed by atoms with Gasteiger partial charge in [-0.05, 0) is 29.8 Å². The van der Waals surface area contributed by atoms with Crippen molar-refractivity contribution in [3.05, 3.63) is 98.4 Å². The molecule has 0 unspecified atom stereocenters. The standard InChI is InChI=1S/C22H14F5N3O5/c1-34-15-7-6-11(9-28-29-22(31)13-4-2-3-5-14(13)30(32)33)8-12(15)10-35-21-19(26)17(24)16(23)18(25)20(21)27/h2-9H,10H2,1H3,(H,29,31)/b28-9+. The smallest absolute Gasteiger partial charge is 0.282 e. The number of nitrogens with one attached hydrogen (secondary N) is 1. The number of methoxy groups -OCH3 is 1. The molecule has 0 saturated carbocycles. The number of hydrogen-bond donors (Lipinski definition) is 1. The van der Waals surface area contributed by atoms with Gasteiger partial charge in [-0.1, -0.05) is 12.1 Å². The quantitative estimate of drug-likeness (QED) is 0.123. The van der Waals surface area contributed by atoms with E-state index in [1.807, 2.05) is 0 Å². The van der Waals surface area contributed by atoms with Crippen LogP contribution in [0.25, 0.3) is 0 Å². The number of para-hydroxylation sites is 1. The largest absolute Gasteiger partial charge is 0.496 e. The van der Waals surface area contributed by atoms with E-state index < -0.39 is 58.0 Å². The first-order chi connectivity index (χ1) is 16.6. The molecule has 13 heteroatoms. The number of nitro benzene ring substituents is 1. The fourth-order valence-electron chi connectivity index (χ4n) is 2.90. The molecule has 0 aliphatic rings. The normalized spacial score (nSPS) is 10.9. The Hall–Kier alpha value is -4.55. The molecule has 0 saturated heterocycles. The maximum Gasteiger partial charge on any atom is 0.282 e. The van der Waals surface area contributed by atoms with Crippen molar-refractivity contribution in [1.82, 2.24) is 5.43 Å². The van der Waals surface area contributed by atoms with Crippen LogP contribution in [0.2, 0.25) is 0 Å². The minimum Gasteiger partial charge on any atom is -0.496 e. The molecule has 3 rings (SSSR count). The summed E-state index contributed by atoms with van der Waals surface area (Å²) in [5, 5.41) is 14.7. The van der Waals surface area contributed by atoms with E-state index in [1.165, 1.54) is 43.5 Å². The van der Waals surface area contributed by atoms with Gasteiger partial charge in [0.25, 0.3) is 11.6 Å². The number of nitro groups is 1. The lowest BCUT2D eigenvalue weighted by atomic mass is 10.1. The molecule has 0 bridgehead atoms. The first kappa shape index (κ1) is 25.1. The number of hydrazone groups is 1. The van der Waals surface area contributed by atoms with Gasteiger partial charge in [-0.2, -0.15) is 13.9 Å². The number of ether oxygens (including phenoxy) is 2. The van der Waals surface area contributed by atoms with Crippen molar-refractivity contribution >= 4 is 17.8 Å². The lowest BCUT2D eigenvalue weighted by Gasteiger charge is -2.13. The number of halogens is 5. The average Bonchev–Trinajstić information content (AvgIpc) is 2.86. The second kappa shape index (κ2) is 10.6. The van der Waals surface area contributed by atoms with Crippen molar-refractivity contribution in [2.45, 2.75) is 6.61 Å². The fraction of sp³-hybridized carbons (Fsp3) is 0.0909. The number of carbonyl (C=O) groups is 1. The number of amides is 1. The molecule has 182 valence electrons. The monoisotopic (exact) mass is 495 g/mol. The third-order valence-corrected chi connectivity index (χ3v) is 4.57. The van der Waals surface area contributed by atoms with Gasteiger partial charge >= 0.3 is 0 Å². The van der Waals surface area contributed by atoms with Crippen LogP contribution in [-0.4, -0.2) is 24.2 Å². The molecule has 0 fully saturated rings. The second-order valence-corrected chi connectivity index (χ2v) is 6.73. The van der Waals surface area contributed by atoms with Crippen molar-refractivity contribution in [1.29, 1.82) is 0 Å². The van der Waals surface area contributed by atoms with Crippen molar-refractivity contribution < 1.29 is 41.1 Å². The Kier molecular flexibility index (Phi) is 7.59. The van der Waals surface area contributed by atoms with Gasteiger partial charge in [0.1, 0.15) is 17.9 Å². The summed E-state index contributed by atoms with van der Waals surface area (Å²) in [7, 11) is 1.28. The topological polar surface area (TPSA) is 103 Å². The first-order valence-corrected chi connectivity index (χ1v) is 9.53. The maximum atomic E-state index is 13.8. The van der Waals surface area contributed by atoms with Crippen LogP contribution in [0.3, 0.4) is 0 Å². The molecule has 35 heavy (non-hydrogen) atoms. The van der Waals surface area contributed by atoms with E-state index in [1.54, 1.807) is 0 Å². The summed E-state index contributed by atoms with van der Waals surface area (Å²) in [6.07, 6.45) is 1.15. The number of rotatable bonds is 8. The summed E-state index contributed by atoms with van der Waals surface area (Å²) in [5.74, 6) is -13.0. The van der Waals surface area contributed by atoms with E-state index in [2.05, 4.69) is 10.5 Å². The van der Waals surface area contributed by atoms with Crippen LogP contribution in [0.1, 0.15) is 21.5 Å². The fourth-order valence-corrected chi connectivity index (χ4v) is 2.90. The summed E-state index contributed by atoms with van der Waals surface area (Å²) in [4.78, 5) is 22.5. The summed E-state index contributed by atoms with van der Waals surface area (Å²) < 4.78 is 77.6. The second-order valence-electron chi connectivity index (χ2n) is 6.73. The third-order valence-electron chi connectivity index (χ3n) is 4.57. The molecular formula is C22H14F5N3O5. The molecule has 0 radical (unpaired) electrons. The van der Waals surface area contributed by atoms with Gasteiger partial charge in [-0.3, -0.25) is 14.9 Å². The SMILES string of the molecule is COc1ccc(/C=N/NC(=O)c2ccccc2[N+](=O)[O-])cc1COc1c(F)c(F)c(F)c(F)c1F. The van der Waals surface area contributed by atoms with Crippen LogP contribution < -0.4 is 14.9 Å². The number of hydrogen-bond acceptors (Lipinski definition) is 6. The molecule has 1 amide bonds. The third kappa shape index (κ3) is 5.34. The lowest BCUT2D eigenvalue weighted by Crippen LogP contribution is -2.19. The van der Waals surface area contributed by atoms with E-state index in [0.29, 0.717) is 5.56 Å². The van der Waals surface area contributed by atoms with Crippen molar-refractivity contribution in [3.63, 3.8) is 0 Å². The number of nitrogens with zero attached hydrogens (tertiary/aromatic N) is 2. The molecule has 3 aromatic carbocycles. The van der Waals surface area contributed by atoms with Gasteiger partial charge in [0.2, 0.25) is 29.1 Å². The number of carbonyl (C=O) groups excluding carboxylic acids is 1. The van der Waals surface area contributed by atoms with E-state index in [0.717, 1.165) is 12.3 Å². The highest BCUT2D eigenvalue weighted by atomic mass is 19.2. The van der Waals surface area contributed by atoms with Gasteiger partial charge in [-0.25, -0.2) is 18.6 Å². The Morgan fingerprint density at radius 2 is 1.66 bits per heavy atom. The maximum absolute atomic E-state index is 13.8. The Bertz CT molecular complexity index is 1300. The highest BCUT2D eigenvalue weighted by Gasteiger charge is 2.27. The summed E-state index contributed by atoms with van der Waals surface area (Å²) >= 11 is 0. The Morgan fingerprint density at radius 3 is 2.29 bits per heavy atom. The van der Waals surface area contributed by atoms with E-state index >= 15 is 0 Å². The zero-order chi connectivity index (χ0) is 25.7. The van der Waals surface area contributed by atoms with Gasteiger partial charge in [0.05, 0.1) is 18.2 Å². The molecule has 0 spiro atoms. The first-order valence-electron chi connectivity index (χ1n) is 9.53. The van der Waals surface area contributed by atoms with Gasteiger partial charge in [-0.15, -0.1) is 0 Å². The van der Waals surface area contributed by atoms with Gasteiger partial charge in [0, 0.05) is 11.6 Å². The molecular weight excluding hydrogens is 481 g/mol. The van der Waals surface area contributed by atoms with E-state index in [4.69, 9.17) is 9.47 Å². The predicted molar refractivity (Wildman–Crippen MR) is 112 cm³/mol. The molecule has 0 aromatic heterocycles. The van der Waals surface area contributed by atoms with Crippen LogP contribution in [-0.2, 0) is 6.61 Å². The van der Waals surface area contributed by atoms with Gasteiger partial charge in [0.15, 0.2) is 5.75 Å². The van der Waals surface area contributed by atoms with Crippen LogP contribution in [0.5, 0.6) is 11.5 Å². The minimum absolute atomic E-state index is 0.144. The van der Waals surface area contributed by atoms with Crippen LogP contribution in [0.4, 0.5) is 27.6 Å². The Morgan fingerprint density at radius 1 is 1.03 bits per heavy atom. The Labute approximate surface area is 193 Å². The number of benzene rings is 3. The minimum atomic E-state index is -2.31. The van der Waals surface area contributed by atoms with Crippen molar-refractivity contribution in [3.8, 4) is 11.5 Å². The van der Waals surface area contributed by atoms with E-state index in [-0.39, 0.29) is 16.9 Å². The summed E-state index contributed by atoms with van der Waals surface area (Å²) in [6, 6.07) is 9.46. The molecule has 0 atom stereocenters.